The normalized spacial score (nSPS) is 21.0. The summed E-state index contributed by atoms with van der Waals surface area (Å²) in [5.41, 5.74) is 2.71. The van der Waals surface area contributed by atoms with Gasteiger partial charge in [-0.1, -0.05) is 36.4 Å². The fraction of sp³-hybridized carbons (Fsp3) is 0.259. The highest BCUT2D eigenvalue weighted by molar-refractivity contribution is 5.94. The van der Waals surface area contributed by atoms with Crippen molar-refractivity contribution in [1.29, 1.82) is 0 Å². The molecule has 3 atom stereocenters. The molecule has 0 aliphatic carbocycles. The largest absolute Gasteiger partial charge is 0.456 e. The number of imidazole rings is 1. The Morgan fingerprint density at radius 3 is 2.47 bits per heavy atom. The minimum atomic E-state index is -0.767. The first-order valence-corrected chi connectivity index (χ1v) is 11.7. The minimum absolute atomic E-state index is 0.00179. The molecule has 0 saturated carbocycles. The van der Waals surface area contributed by atoms with Gasteiger partial charge in [-0.15, -0.1) is 0 Å². The number of halogens is 2. The Hall–Kier alpha value is -3.82. The molecule has 2 aliphatic heterocycles. The standard InChI is InChI=1S/C27H23F2N3O4/c1-30-26(33)17-8-4-15(5-9-17)14-2-6-16(7-3-14)22-18(28)12-19-24(23(22)29)32-27(31-19)36-21-13-35-20-10-11-34-25(20)21/h2-9,12,20-21,25H,10-11,13H2,1H3,(H,30,33)(H,31,32)/t20-,21?,25+/m1/s1. The van der Waals surface area contributed by atoms with E-state index >= 15 is 8.78 Å². The first-order valence-electron chi connectivity index (χ1n) is 11.7. The van der Waals surface area contributed by atoms with Crippen LogP contribution in [0.2, 0.25) is 0 Å². The van der Waals surface area contributed by atoms with Crippen molar-refractivity contribution in [2.24, 2.45) is 0 Å². The molecule has 3 heterocycles. The molecule has 2 aliphatic rings. The van der Waals surface area contributed by atoms with E-state index in [0.717, 1.165) is 17.5 Å². The maximum atomic E-state index is 15.5. The van der Waals surface area contributed by atoms with Crippen molar-refractivity contribution < 1.29 is 27.8 Å². The number of carbonyl (C=O) groups excluding carboxylic acids is 1. The van der Waals surface area contributed by atoms with Crippen LogP contribution < -0.4 is 10.1 Å². The third-order valence-electron chi connectivity index (χ3n) is 6.71. The number of aromatic nitrogens is 2. The molecule has 1 amide bonds. The van der Waals surface area contributed by atoms with Gasteiger partial charge in [0, 0.05) is 25.3 Å². The van der Waals surface area contributed by atoms with E-state index in [1.54, 1.807) is 43.4 Å². The fourth-order valence-electron chi connectivity index (χ4n) is 4.84. The van der Waals surface area contributed by atoms with Crippen LogP contribution in [-0.2, 0) is 9.47 Å². The second-order valence-corrected chi connectivity index (χ2v) is 8.87. The van der Waals surface area contributed by atoms with Crippen LogP contribution in [0.4, 0.5) is 8.78 Å². The van der Waals surface area contributed by atoms with Gasteiger partial charge in [0.05, 0.1) is 23.8 Å². The van der Waals surface area contributed by atoms with E-state index in [1.807, 2.05) is 12.1 Å². The summed E-state index contributed by atoms with van der Waals surface area (Å²) in [5.74, 6) is -1.64. The zero-order valence-electron chi connectivity index (χ0n) is 19.4. The van der Waals surface area contributed by atoms with Crippen molar-refractivity contribution in [3.05, 3.63) is 71.8 Å². The Kier molecular flexibility index (Phi) is 5.66. The first-order chi connectivity index (χ1) is 17.5. The second-order valence-electron chi connectivity index (χ2n) is 8.87. The number of carbonyl (C=O) groups is 1. The van der Waals surface area contributed by atoms with E-state index in [-0.39, 0.29) is 46.8 Å². The van der Waals surface area contributed by atoms with Crippen LogP contribution in [0.5, 0.6) is 6.01 Å². The van der Waals surface area contributed by atoms with Crippen LogP contribution >= 0.6 is 0 Å². The second kappa shape index (κ2) is 9.00. The Morgan fingerprint density at radius 1 is 1.06 bits per heavy atom. The topological polar surface area (TPSA) is 85.5 Å². The molecule has 2 N–H and O–H groups in total. The summed E-state index contributed by atoms with van der Waals surface area (Å²) < 4.78 is 47.7. The molecule has 4 aromatic rings. The molecule has 36 heavy (non-hydrogen) atoms. The number of benzene rings is 3. The molecule has 0 radical (unpaired) electrons. The number of hydrogen-bond acceptors (Lipinski definition) is 5. The predicted molar refractivity (Wildman–Crippen MR) is 129 cm³/mol. The summed E-state index contributed by atoms with van der Waals surface area (Å²) >= 11 is 0. The number of aromatic amines is 1. The molecular formula is C27H23F2N3O4. The van der Waals surface area contributed by atoms with E-state index in [4.69, 9.17) is 14.2 Å². The lowest BCUT2D eigenvalue weighted by Crippen LogP contribution is -2.32. The maximum Gasteiger partial charge on any atom is 0.295 e. The number of H-pyrrole nitrogens is 1. The molecule has 2 saturated heterocycles. The van der Waals surface area contributed by atoms with Crippen LogP contribution in [0.15, 0.2) is 54.6 Å². The molecule has 184 valence electrons. The number of ether oxygens (including phenoxy) is 3. The zero-order valence-corrected chi connectivity index (χ0v) is 19.4. The third-order valence-corrected chi connectivity index (χ3v) is 6.71. The van der Waals surface area contributed by atoms with Crippen LogP contribution in [0.1, 0.15) is 16.8 Å². The molecule has 0 spiro atoms. The van der Waals surface area contributed by atoms with E-state index in [1.165, 1.54) is 6.07 Å². The van der Waals surface area contributed by atoms with Gasteiger partial charge in [0.2, 0.25) is 0 Å². The van der Waals surface area contributed by atoms with Crippen LogP contribution in [0.3, 0.4) is 0 Å². The smallest absolute Gasteiger partial charge is 0.295 e. The summed E-state index contributed by atoms with van der Waals surface area (Å²) in [6.45, 7) is 0.966. The highest BCUT2D eigenvalue weighted by Gasteiger charge is 2.43. The van der Waals surface area contributed by atoms with Gasteiger partial charge in [-0.3, -0.25) is 4.79 Å². The average molecular weight is 491 g/mol. The number of fused-ring (bicyclic) bond motifs is 2. The molecule has 2 fully saturated rings. The summed E-state index contributed by atoms with van der Waals surface area (Å²) in [6.07, 6.45) is 0.266. The van der Waals surface area contributed by atoms with E-state index in [2.05, 4.69) is 15.3 Å². The molecule has 3 aromatic carbocycles. The van der Waals surface area contributed by atoms with Gasteiger partial charge >= 0.3 is 0 Å². The molecule has 0 bridgehead atoms. The molecule has 1 unspecified atom stereocenters. The average Bonchev–Trinajstić information content (AvgIpc) is 3.62. The van der Waals surface area contributed by atoms with Crippen molar-refractivity contribution in [1.82, 2.24) is 15.3 Å². The van der Waals surface area contributed by atoms with E-state index in [9.17, 15) is 4.79 Å². The van der Waals surface area contributed by atoms with Gasteiger partial charge in [0.25, 0.3) is 11.9 Å². The minimum Gasteiger partial charge on any atom is -0.456 e. The van der Waals surface area contributed by atoms with Crippen LogP contribution in [-0.4, -0.2) is 54.4 Å². The van der Waals surface area contributed by atoms with Gasteiger partial charge in [0.1, 0.15) is 17.4 Å². The summed E-state index contributed by atoms with van der Waals surface area (Å²) in [5, 5.41) is 2.58. The first kappa shape index (κ1) is 22.6. The molecular weight excluding hydrogens is 468 g/mol. The van der Waals surface area contributed by atoms with Crippen molar-refractivity contribution in [3.63, 3.8) is 0 Å². The Balaban J connectivity index is 1.27. The highest BCUT2D eigenvalue weighted by atomic mass is 19.1. The Labute approximate surface area is 205 Å². The lowest BCUT2D eigenvalue weighted by Gasteiger charge is -2.15. The molecule has 7 nitrogen and oxygen atoms in total. The molecule has 9 heteroatoms. The van der Waals surface area contributed by atoms with E-state index in [0.29, 0.717) is 24.3 Å². The number of amides is 1. The lowest BCUT2D eigenvalue weighted by atomic mass is 9.98. The van der Waals surface area contributed by atoms with Gasteiger partial charge in [-0.05, 0) is 35.2 Å². The van der Waals surface area contributed by atoms with Crippen molar-refractivity contribution in [2.75, 3.05) is 20.3 Å². The Bertz CT molecular complexity index is 1440. The summed E-state index contributed by atoms with van der Waals surface area (Å²) in [4.78, 5) is 18.8. The van der Waals surface area contributed by atoms with Gasteiger partial charge < -0.3 is 24.5 Å². The van der Waals surface area contributed by atoms with Gasteiger partial charge in [0.15, 0.2) is 11.9 Å². The zero-order chi connectivity index (χ0) is 24.8. The van der Waals surface area contributed by atoms with Crippen molar-refractivity contribution in [2.45, 2.75) is 24.7 Å². The van der Waals surface area contributed by atoms with Crippen LogP contribution in [0.25, 0.3) is 33.3 Å². The predicted octanol–water partition coefficient (Wildman–Crippen LogP) is 4.47. The fourth-order valence-corrected chi connectivity index (χ4v) is 4.84. The molecule has 1 aromatic heterocycles. The highest BCUT2D eigenvalue weighted by Crippen LogP contribution is 2.34. The third kappa shape index (κ3) is 3.90. The van der Waals surface area contributed by atoms with Crippen molar-refractivity contribution >= 4 is 16.9 Å². The monoisotopic (exact) mass is 491 g/mol. The molecule has 6 rings (SSSR count). The number of hydrogen-bond donors (Lipinski definition) is 2. The van der Waals surface area contributed by atoms with Gasteiger partial charge in [-0.2, -0.15) is 4.98 Å². The quantitative estimate of drug-likeness (QED) is 0.430. The van der Waals surface area contributed by atoms with Crippen LogP contribution in [0, 0.1) is 11.6 Å². The number of nitrogens with one attached hydrogen (secondary N) is 2. The summed E-state index contributed by atoms with van der Waals surface area (Å²) in [6, 6.07) is 15.3. The number of nitrogens with zero attached hydrogens (tertiary/aromatic N) is 1. The number of rotatable bonds is 5. The van der Waals surface area contributed by atoms with E-state index < -0.39 is 11.6 Å². The lowest BCUT2D eigenvalue weighted by molar-refractivity contribution is 0.0273. The van der Waals surface area contributed by atoms with Crippen molar-refractivity contribution in [3.8, 4) is 28.3 Å². The maximum absolute atomic E-state index is 15.5. The summed E-state index contributed by atoms with van der Waals surface area (Å²) in [7, 11) is 1.57. The van der Waals surface area contributed by atoms with Gasteiger partial charge in [-0.25, -0.2) is 8.78 Å². The Morgan fingerprint density at radius 2 is 1.75 bits per heavy atom. The SMILES string of the molecule is CNC(=O)c1ccc(-c2ccc(-c3c(F)cc4[nH]c(OC5CO[C@@H]6CCO[C@H]56)nc4c3F)cc2)cc1.